The van der Waals surface area contributed by atoms with E-state index in [4.69, 9.17) is 0 Å². The normalized spacial score (nSPS) is 10.2. The zero-order chi connectivity index (χ0) is 14.5. The Morgan fingerprint density at radius 3 is 2.60 bits per heavy atom. The van der Waals surface area contributed by atoms with Crippen LogP contribution in [0.5, 0.6) is 0 Å². The van der Waals surface area contributed by atoms with Gasteiger partial charge in [0.1, 0.15) is 0 Å². The first-order valence-electron chi connectivity index (χ1n) is 6.51. The van der Waals surface area contributed by atoms with E-state index in [0.717, 1.165) is 20.5 Å². The summed E-state index contributed by atoms with van der Waals surface area (Å²) in [6.45, 7) is 4.62. The third-order valence-electron chi connectivity index (χ3n) is 2.99. The molecule has 0 saturated carbocycles. The van der Waals surface area contributed by atoms with Crippen LogP contribution in [-0.2, 0) is 0 Å². The van der Waals surface area contributed by atoms with Gasteiger partial charge in [0.15, 0.2) is 0 Å². The number of carbonyl (C=O) groups excluding carboxylic acids is 1. The Hall–Kier alpha value is -1.56. The SMILES string of the molecule is CCN(C(=O)Nc1ccccc1I)c1cccc(C)c1. The van der Waals surface area contributed by atoms with Crippen molar-refractivity contribution in [2.45, 2.75) is 13.8 Å². The van der Waals surface area contributed by atoms with Crippen molar-refractivity contribution in [3.63, 3.8) is 0 Å². The van der Waals surface area contributed by atoms with Crippen LogP contribution >= 0.6 is 22.6 Å². The number of amides is 2. The first-order valence-corrected chi connectivity index (χ1v) is 7.59. The summed E-state index contributed by atoms with van der Waals surface area (Å²) in [6, 6.07) is 15.6. The molecule has 104 valence electrons. The fraction of sp³-hybridized carbons (Fsp3) is 0.188. The Labute approximate surface area is 133 Å². The third-order valence-corrected chi connectivity index (χ3v) is 3.93. The monoisotopic (exact) mass is 380 g/mol. The molecule has 0 unspecified atom stereocenters. The number of hydrogen-bond acceptors (Lipinski definition) is 1. The van der Waals surface area contributed by atoms with Crippen LogP contribution in [0.15, 0.2) is 48.5 Å². The van der Waals surface area contributed by atoms with Crippen molar-refractivity contribution in [1.82, 2.24) is 0 Å². The lowest BCUT2D eigenvalue weighted by Crippen LogP contribution is -2.35. The first kappa shape index (κ1) is 14.8. The number of carbonyl (C=O) groups is 1. The van der Waals surface area contributed by atoms with E-state index in [1.807, 2.05) is 62.4 Å². The molecule has 0 aliphatic carbocycles. The van der Waals surface area contributed by atoms with Crippen molar-refractivity contribution in [3.8, 4) is 0 Å². The van der Waals surface area contributed by atoms with Gasteiger partial charge in [-0.25, -0.2) is 4.79 Å². The van der Waals surface area contributed by atoms with Crippen molar-refractivity contribution >= 4 is 40.0 Å². The number of para-hydroxylation sites is 1. The largest absolute Gasteiger partial charge is 0.326 e. The molecule has 1 N–H and O–H groups in total. The van der Waals surface area contributed by atoms with Crippen molar-refractivity contribution in [1.29, 1.82) is 0 Å². The average molecular weight is 380 g/mol. The number of aryl methyl sites for hydroxylation is 1. The van der Waals surface area contributed by atoms with Crippen LogP contribution in [0.4, 0.5) is 16.2 Å². The van der Waals surface area contributed by atoms with E-state index in [0.29, 0.717) is 6.54 Å². The molecule has 4 heteroatoms. The van der Waals surface area contributed by atoms with Crippen LogP contribution in [0.25, 0.3) is 0 Å². The second kappa shape index (κ2) is 6.74. The van der Waals surface area contributed by atoms with Crippen molar-refractivity contribution in [2.75, 3.05) is 16.8 Å². The average Bonchev–Trinajstić information content (AvgIpc) is 2.42. The molecule has 0 aliphatic rings. The molecule has 0 spiro atoms. The number of nitrogens with one attached hydrogen (secondary N) is 1. The molecule has 0 aliphatic heterocycles. The Bertz CT molecular complexity index is 613. The number of hydrogen-bond donors (Lipinski definition) is 1. The third kappa shape index (κ3) is 3.50. The van der Waals surface area contributed by atoms with E-state index in [2.05, 4.69) is 27.9 Å². The van der Waals surface area contributed by atoms with Gasteiger partial charge in [-0.1, -0.05) is 24.3 Å². The van der Waals surface area contributed by atoms with Crippen LogP contribution in [0.3, 0.4) is 0 Å². The van der Waals surface area contributed by atoms with Crippen LogP contribution < -0.4 is 10.2 Å². The van der Waals surface area contributed by atoms with Gasteiger partial charge < -0.3 is 5.32 Å². The molecule has 0 saturated heterocycles. The fourth-order valence-electron chi connectivity index (χ4n) is 1.98. The Morgan fingerprint density at radius 1 is 1.20 bits per heavy atom. The van der Waals surface area contributed by atoms with Crippen LogP contribution in [-0.4, -0.2) is 12.6 Å². The molecule has 2 rings (SSSR count). The van der Waals surface area contributed by atoms with E-state index in [9.17, 15) is 4.79 Å². The zero-order valence-corrected chi connectivity index (χ0v) is 13.7. The summed E-state index contributed by atoms with van der Waals surface area (Å²) in [7, 11) is 0. The molecule has 0 radical (unpaired) electrons. The number of nitrogens with zero attached hydrogens (tertiary/aromatic N) is 1. The summed E-state index contributed by atoms with van der Waals surface area (Å²) in [5, 5.41) is 2.96. The molecule has 2 amide bonds. The first-order chi connectivity index (χ1) is 9.61. The van der Waals surface area contributed by atoms with Gasteiger partial charge in [-0.05, 0) is 66.3 Å². The number of rotatable bonds is 3. The van der Waals surface area contributed by atoms with Crippen molar-refractivity contribution < 1.29 is 4.79 Å². The van der Waals surface area contributed by atoms with Gasteiger partial charge in [0.2, 0.25) is 0 Å². The van der Waals surface area contributed by atoms with E-state index >= 15 is 0 Å². The summed E-state index contributed by atoms with van der Waals surface area (Å²) in [6.07, 6.45) is 0. The molecule has 0 atom stereocenters. The van der Waals surface area contributed by atoms with Gasteiger partial charge in [0.05, 0.1) is 5.69 Å². The zero-order valence-electron chi connectivity index (χ0n) is 11.6. The lowest BCUT2D eigenvalue weighted by Gasteiger charge is -2.22. The van der Waals surface area contributed by atoms with E-state index in [1.54, 1.807) is 4.90 Å². The summed E-state index contributed by atoms with van der Waals surface area (Å²) in [4.78, 5) is 14.2. The van der Waals surface area contributed by atoms with Crippen LogP contribution in [0.2, 0.25) is 0 Å². The smallest absolute Gasteiger partial charge is 0.306 e. The maximum atomic E-state index is 12.4. The fourth-order valence-corrected chi connectivity index (χ4v) is 2.51. The topological polar surface area (TPSA) is 32.3 Å². The standard InChI is InChI=1S/C16H17IN2O/c1-3-19(13-8-6-7-12(2)11-13)16(20)18-15-10-5-4-9-14(15)17/h4-11H,3H2,1-2H3,(H,18,20). The summed E-state index contributed by atoms with van der Waals surface area (Å²) >= 11 is 2.22. The molecule has 0 fully saturated rings. The molecule has 2 aromatic rings. The minimum Gasteiger partial charge on any atom is -0.306 e. The van der Waals surface area contributed by atoms with Gasteiger partial charge in [-0.2, -0.15) is 0 Å². The number of urea groups is 1. The minimum absolute atomic E-state index is 0.109. The minimum atomic E-state index is -0.109. The number of halogens is 1. The van der Waals surface area contributed by atoms with E-state index < -0.39 is 0 Å². The summed E-state index contributed by atoms with van der Waals surface area (Å²) < 4.78 is 1.03. The maximum absolute atomic E-state index is 12.4. The van der Waals surface area contributed by atoms with Crippen molar-refractivity contribution in [3.05, 3.63) is 57.7 Å². The number of benzene rings is 2. The molecule has 2 aromatic carbocycles. The van der Waals surface area contributed by atoms with Gasteiger partial charge in [0, 0.05) is 15.8 Å². The highest BCUT2D eigenvalue weighted by Gasteiger charge is 2.14. The van der Waals surface area contributed by atoms with E-state index in [-0.39, 0.29) is 6.03 Å². The Kier molecular flexibility index (Phi) is 5.00. The van der Waals surface area contributed by atoms with Crippen molar-refractivity contribution in [2.24, 2.45) is 0 Å². The highest BCUT2D eigenvalue weighted by atomic mass is 127. The highest BCUT2D eigenvalue weighted by molar-refractivity contribution is 14.1. The highest BCUT2D eigenvalue weighted by Crippen LogP contribution is 2.20. The lowest BCUT2D eigenvalue weighted by molar-refractivity contribution is 0.257. The van der Waals surface area contributed by atoms with Gasteiger partial charge in [-0.15, -0.1) is 0 Å². The van der Waals surface area contributed by atoms with Crippen LogP contribution in [0.1, 0.15) is 12.5 Å². The van der Waals surface area contributed by atoms with Gasteiger partial charge in [0.25, 0.3) is 0 Å². The Balaban J connectivity index is 2.20. The molecule has 0 bridgehead atoms. The molecule has 3 nitrogen and oxygen atoms in total. The van der Waals surface area contributed by atoms with Gasteiger partial charge in [-0.3, -0.25) is 4.90 Å². The predicted molar refractivity (Wildman–Crippen MR) is 92.4 cm³/mol. The second-order valence-electron chi connectivity index (χ2n) is 4.49. The molecule has 20 heavy (non-hydrogen) atoms. The predicted octanol–water partition coefficient (Wildman–Crippen LogP) is 4.66. The number of anilines is 2. The van der Waals surface area contributed by atoms with Crippen LogP contribution in [0, 0.1) is 10.5 Å². The molecular weight excluding hydrogens is 363 g/mol. The molecular formula is C16H17IN2O. The maximum Gasteiger partial charge on any atom is 0.326 e. The lowest BCUT2D eigenvalue weighted by atomic mass is 10.2. The second-order valence-corrected chi connectivity index (χ2v) is 5.66. The van der Waals surface area contributed by atoms with E-state index in [1.165, 1.54) is 0 Å². The quantitative estimate of drug-likeness (QED) is 0.772. The van der Waals surface area contributed by atoms with Gasteiger partial charge >= 0.3 is 6.03 Å². The summed E-state index contributed by atoms with van der Waals surface area (Å²) in [5.41, 5.74) is 2.89. The summed E-state index contributed by atoms with van der Waals surface area (Å²) in [5.74, 6) is 0. The molecule has 0 aromatic heterocycles. The Morgan fingerprint density at radius 2 is 1.95 bits per heavy atom. The molecule has 0 heterocycles.